The van der Waals surface area contributed by atoms with Gasteiger partial charge in [0.1, 0.15) is 0 Å². The Balaban J connectivity index is 2.09. The monoisotopic (exact) mass is 293 g/mol. The van der Waals surface area contributed by atoms with Crippen molar-refractivity contribution in [3.8, 4) is 0 Å². The molecular weight excluding hydrogens is 258 g/mol. The summed E-state index contributed by atoms with van der Waals surface area (Å²) < 4.78 is 0. The van der Waals surface area contributed by atoms with E-state index in [-0.39, 0.29) is 0 Å². The molecule has 1 heterocycles. The Morgan fingerprint density at radius 1 is 0.667 bits per heavy atom. The molecule has 0 amide bonds. The van der Waals surface area contributed by atoms with Crippen molar-refractivity contribution in [3.05, 3.63) is 11.4 Å². The van der Waals surface area contributed by atoms with E-state index in [4.69, 9.17) is 0 Å². The quantitative estimate of drug-likeness (QED) is 0.453. The van der Waals surface area contributed by atoms with Crippen LogP contribution in [0.15, 0.2) is 0 Å². The predicted octanol–water partition coefficient (Wildman–Crippen LogP) is 5.61. The van der Waals surface area contributed by atoms with E-state index < -0.39 is 0 Å². The first-order valence-corrected chi connectivity index (χ1v) is 9.27. The highest BCUT2D eigenvalue weighted by Crippen LogP contribution is 2.13. The maximum absolute atomic E-state index is 4.27. The van der Waals surface area contributed by atoms with Crippen molar-refractivity contribution in [3.63, 3.8) is 0 Å². The van der Waals surface area contributed by atoms with E-state index in [2.05, 4.69) is 29.3 Å². The summed E-state index contributed by atoms with van der Waals surface area (Å²) in [7, 11) is 0. The predicted molar refractivity (Wildman–Crippen MR) is 90.5 cm³/mol. The highest BCUT2D eigenvalue weighted by Gasteiger charge is 2.06. The molecule has 0 fully saturated rings. The van der Waals surface area contributed by atoms with Crippen molar-refractivity contribution < 1.29 is 0 Å². The van der Waals surface area contributed by atoms with Gasteiger partial charge in [0.15, 0.2) is 0 Å². The molecule has 21 heavy (non-hydrogen) atoms. The minimum Gasteiger partial charge on any atom is -0.262 e. The highest BCUT2D eigenvalue weighted by atomic mass is 15.3. The molecule has 0 radical (unpaired) electrons. The van der Waals surface area contributed by atoms with Gasteiger partial charge in [-0.3, -0.25) is 5.10 Å². The molecule has 0 unspecified atom stereocenters. The van der Waals surface area contributed by atoms with Crippen molar-refractivity contribution in [2.75, 3.05) is 0 Å². The van der Waals surface area contributed by atoms with Crippen LogP contribution in [0.5, 0.6) is 0 Å². The minimum absolute atomic E-state index is 1.10. The lowest BCUT2D eigenvalue weighted by Crippen LogP contribution is -1.95. The van der Waals surface area contributed by atoms with Crippen LogP contribution in [0, 0.1) is 0 Å². The second-order valence-corrected chi connectivity index (χ2v) is 6.27. The zero-order valence-corrected chi connectivity index (χ0v) is 14.3. The van der Waals surface area contributed by atoms with E-state index in [1.807, 2.05) is 0 Å². The lowest BCUT2D eigenvalue weighted by atomic mass is 10.0. The Morgan fingerprint density at radius 2 is 1.19 bits per heavy atom. The molecule has 0 saturated carbocycles. The standard InChI is InChI=1S/C18H35N3/c1-3-5-7-9-11-13-15-17-18(20-21-19-17)16-14-12-10-8-6-4-2/h3-16H2,1-2H3,(H,19,20,21). The van der Waals surface area contributed by atoms with Crippen LogP contribution >= 0.6 is 0 Å². The van der Waals surface area contributed by atoms with Gasteiger partial charge in [0.25, 0.3) is 0 Å². The van der Waals surface area contributed by atoms with Crippen LogP contribution in [-0.2, 0) is 12.8 Å². The molecule has 122 valence electrons. The lowest BCUT2D eigenvalue weighted by Gasteiger charge is -2.03. The summed E-state index contributed by atoms with van der Waals surface area (Å²) in [5, 5.41) is 11.4. The average molecular weight is 293 g/mol. The topological polar surface area (TPSA) is 41.6 Å². The van der Waals surface area contributed by atoms with Gasteiger partial charge >= 0.3 is 0 Å². The molecule has 1 aromatic heterocycles. The number of hydrogen-bond donors (Lipinski definition) is 1. The Morgan fingerprint density at radius 3 is 1.81 bits per heavy atom. The third-order valence-corrected chi connectivity index (χ3v) is 4.25. The highest BCUT2D eigenvalue weighted by molar-refractivity contribution is 5.08. The first-order chi connectivity index (χ1) is 10.4. The average Bonchev–Trinajstić information content (AvgIpc) is 2.94. The van der Waals surface area contributed by atoms with Crippen LogP contribution < -0.4 is 0 Å². The molecule has 1 aromatic rings. The molecule has 0 aromatic carbocycles. The second kappa shape index (κ2) is 12.8. The van der Waals surface area contributed by atoms with Gasteiger partial charge in [-0.1, -0.05) is 83.3 Å². The Labute approximate surface area is 131 Å². The number of aromatic amines is 1. The van der Waals surface area contributed by atoms with E-state index >= 15 is 0 Å². The van der Waals surface area contributed by atoms with Gasteiger partial charge in [-0.2, -0.15) is 0 Å². The summed E-state index contributed by atoms with van der Waals surface area (Å²) >= 11 is 0. The molecule has 3 nitrogen and oxygen atoms in total. The maximum Gasteiger partial charge on any atom is 0.0856 e. The van der Waals surface area contributed by atoms with Gasteiger partial charge in [0.2, 0.25) is 0 Å². The fourth-order valence-corrected chi connectivity index (χ4v) is 2.83. The number of rotatable bonds is 14. The zero-order valence-electron chi connectivity index (χ0n) is 14.3. The van der Waals surface area contributed by atoms with Gasteiger partial charge < -0.3 is 0 Å². The van der Waals surface area contributed by atoms with Gasteiger partial charge in [-0.25, -0.2) is 0 Å². The number of aryl methyl sites for hydroxylation is 2. The normalized spacial score (nSPS) is 11.1. The SMILES string of the molecule is CCCCCCCCc1nn[nH]c1CCCCCCCC. The van der Waals surface area contributed by atoms with E-state index in [9.17, 15) is 0 Å². The van der Waals surface area contributed by atoms with E-state index in [0.29, 0.717) is 0 Å². The van der Waals surface area contributed by atoms with E-state index in [0.717, 1.165) is 12.8 Å². The van der Waals surface area contributed by atoms with Crippen molar-refractivity contribution in [1.82, 2.24) is 15.4 Å². The third-order valence-electron chi connectivity index (χ3n) is 4.25. The lowest BCUT2D eigenvalue weighted by molar-refractivity contribution is 0.595. The molecule has 0 aliphatic carbocycles. The first kappa shape index (κ1) is 18.2. The smallest absolute Gasteiger partial charge is 0.0856 e. The second-order valence-electron chi connectivity index (χ2n) is 6.27. The van der Waals surface area contributed by atoms with Crippen LogP contribution in [0.2, 0.25) is 0 Å². The first-order valence-electron chi connectivity index (χ1n) is 9.27. The van der Waals surface area contributed by atoms with Crippen molar-refractivity contribution >= 4 is 0 Å². The fraction of sp³-hybridized carbons (Fsp3) is 0.889. The molecule has 0 saturated heterocycles. The van der Waals surface area contributed by atoms with Gasteiger partial charge in [-0.15, -0.1) is 5.10 Å². The zero-order chi connectivity index (χ0) is 15.2. The maximum atomic E-state index is 4.27. The van der Waals surface area contributed by atoms with Crippen LogP contribution in [0.25, 0.3) is 0 Å². The fourth-order valence-electron chi connectivity index (χ4n) is 2.83. The Bertz CT molecular complexity index is 302. The molecule has 0 bridgehead atoms. The Hall–Kier alpha value is -0.860. The molecule has 0 aliphatic heterocycles. The molecule has 0 atom stereocenters. The van der Waals surface area contributed by atoms with Crippen molar-refractivity contribution in [2.24, 2.45) is 0 Å². The van der Waals surface area contributed by atoms with Gasteiger partial charge in [0.05, 0.1) is 11.4 Å². The number of unbranched alkanes of at least 4 members (excludes halogenated alkanes) is 10. The number of nitrogens with one attached hydrogen (secondary N) is 1. The summed E-state index contributed by atoms with van der Waals surface area (Å²) in [6.07, 6.45) is 18.4. The van der Waals surface area contributed by atoms with Crippen LogP contribution in [-0.4, -0.2) is 15.4 Å². The summed E-state index contributed by atoms with van der Waals surface area (Å²) in [5.41, 5.74) is 2.51. The van der Waals surface area contributed by atoms with E-state index in [1.54, 1.807) is 0 Å². The summed E-state index contributed by atoms with van der Waals surface area (Å²) in [6.45, 7) is 4.54. The summed E-state index contributed by atoms with van der Waals surface area (Å²) in [6, 6.07) is 0. The molecular formula is C18H35N3. The van der Waals surface area contributed by atoms with Crippen LogP contribution in [0.4, 0.5) is 0 Å². The molecule has 3 heteroatoms. The summed E-state index contributed by atoms with van der Waals surface area (Å²) in [5.74, 6) is 0. The number of H-pyrrole nitrogens is 1. The largest absolute Gasteiger partial charge is 0.262 e. The third kappa shape index (κ3) is 8.90. The van der Waals surface area contributed by atoms with Gasteiger partial charge in [0, 0.05) is 0 Å². The number of hydrogen-bond acceptors (Lipinski definition) is 2. The Kier molecular flexibility index (Phi) is 11.1. The van der Waals surface area contributed by atoms with Crippen molar-refractivity contribution in [1.29, 1.82) is 0 Å². The number of aromatic nitrogens is 3. The van der Waals surface area contributed by atoms with Gasteiger partial charge in [-0.05, 0) is 25.7 Å². The van der Waals surface area contributed by atoms with Crippen LogP contribution in [0.1, 0.15) is 102 Å². The molecule has 0 aliphatic rings. The molecule has 1 N–H and O–H groups in total. The molecule has 1 rings (SSSR count). The van der Waals surface area contributed by atoms with Crippen LogP contribution in [0.3, 0.4) is 0 Å². The summed E-state index contributed by atoms with van der Waals surface area (Å²) in [4.78, 5) is 0. The minimum atomic E-state index is 1.10. The number of nitrogens with zero attached hydrogens (tertiary/aromatic N) is 2. The van der Waals surface area contributed by atoms with E-state index in [1.165, 1.54) is 88.4 Å². The van der Waals surface area contributed by atoms with Crippen molar-refractivity contribution in [2.45, 2.75) is 104 Å². The molecule has 0 spiro atoms.